The lowest BCUT2D eigenvalue weighted by Crippen LogP contribution is -2.54. The van der Waals surface area contributed by atoms with Gasteiger partial charge < -0.3 is 28.9 Å². The molecule has 6 rings (SSSR count). The number of fused-ring (bicyclic) bond motifs is 2. The Morgan fingerprint density at radius 1 is 1.02 bits per heavy atom. The third kappa shape index (κ3) is 7.80. The minimum Gasteiger partial charge on any atom is -0.440 e. The SMILES string of the molecule is CN1CCN(C(=O)OCOc2ccc3c(n2)CC(OCCCCN2CCN(C4CCCC5SC=CC54)CC2)CC3)CC1. The molecule has 0 aromatic carbocycles. The standard InChI is InChI=1S/C32H49N5O4S/c1-34-13-17-37(18-14-34)32(38)41-24-40-31-10-8-25-7-9-26(23-28(25)33-31)39-21-3-2-12-35-15-19-36(20-16-35)29-5-4-6-30-27(29)11-22-42-30/h8,10-11,22,26-27,29-30H,2-7,9,12-21,23-24H2,1H3. The molecule has 0 bridgehead atoms. The van der Waals surface area contributed by atoms with Crippen LogP contribution in [-0.2, 0) is 22.3 Å². The zero-order valence-electron chi connectivity index (χ0n) is 25.3. The van der Waals surface area contributed by atoms with Gasteiger partial charge in [-0.05, 0) is 63.1 Å². The number of carbonyl (C=O) groups excluding carboxylic acids is 1. The lowest BCUT2D eigenvalue weighted by atomic mass is 9.83. The average Bonchev–Trinajstić information content (AvgIpc) is 3.51. The molecule has 1 aromatic rings. The van der Waals surface area contributed by atoms with Crippen LogP contribution in [0.3, 0.4) is 0 Å². The second kappa shape index (κ2) is 14.8. The topological polar surface area (TPSA) is 70.6 Å². The largest absolute Gasteiger partial charge is 0.440 e. The Hall–Kier alpha value is -1.85. The highest BCUT2D eigenvalue weighted by Gasteiger charge is 2.38. The van der Waals surface area contributed by atoms with Gasteiger partial charge in [0.05, 0.1) is 11.8 Å². The number of thioether (sulfide) groups is 1. The van der Waals surface area contributed by atoms with Crippen LogP contribution in [-0.4, -0.2) is 127 Å². The van der Waals surface area contributed by atoms with E-state index in [0.717, 1.165) is 68.3 Å². The molecule has 3 aliphatic heterocycles. The molecule has 4 unspecified atom stereocenters. The van der Waals surface area contributed by atoms with Crippen molar-refractivity contribution in [2.45, 2.75) is 68.8 Å². The Bertz CT molecular complexity index is 1060. The second-order valence-electron chi connectivity index (χ2n) is 12.6. The highest BCUT2D eigenvalue weighted by atomic mass is 32.2. The van der Waals surface area contributed by atoms with Crippen LogP contribution in [0, 0.1) is 5.92 Å². The number of hydrogen-bond donors (Lipinski definition) is 0. The molecular weight excluding hydrogens is 550 g/mol. The van der Waals surface area contributed by atoms with E-state index in [1.165, 1.54) is 64.0 Å². The van der Waals surface area contributed by atoms with E-state index in [9.17, 15) is 4.79 Å². The van der Waals surface area contributed by atoms with Gasteiger partial charge in [-0.25, -0.2) is 9.78 Å². The van der Waals surface area contributed by atoms with Gasteiger partial charge in [-0.15, -0.1) is 11.8 Å². The number of amides is 1. The van der Waals surface area contributed by atoms with E-state index in [1.807, 2.05) is 6.07 Å². The van der Waals surface area contributed by atoms with Gasteiger partial charge in [-0.3, -0.25) is 4.90 Å². The molecule has 0 spiro atoms. The fourth-order valence-electron chi connectivity index (χ4n) is 7.23. The molecular formula is C32H49N5O4S. The van der Waals surface area contributed by atoms with E-state index in [1.54, 1.807) is 4.90 Å². The molecule has 2 saturated heterocycles. The summed E-state index contributed by atoms with van der Waals surface area (Å²) in [7, 11) is 2.06. The predicted molar refractivity (Wildman–Crippen MR) is 166 cm³/mol. The summed E-state index contributed by atoms with van der Waals surface area (Å²) in [6.07, 6.45) is 11.7. The van der Waals surface area contributed by atoms with Gasteiger partial charge in [0.1, 0.15) is 0 Å². The van der Waals surface area contributed by atoms with Crippen molar-refractivity contribution in [3.63, 3.8) is 0 Å². The quantitative estimate of drug-likeness (QED) is 0.295. The fraction of sp³-hybridized carbons (Fsp3) is 0.750. The molecule has 0 radical (unpaired) electrons. The minimum atomic E-state index is -0.324. The Balaban J connectivity index is 0.847. The number of nitrogens with zero attached hydrogens (tertiary/aromatic N) is 5. The lowest BCUT2D eigenvalue weighted by molar-refractivity contribution is 0.0239. The molecule has 232 valence electrons. The predicted octanol–water partition coefficient (Wildman–Crippen LogP) is 3.87. The van der Waals surface area contributed by atoms with Crippen LogP contribution >= 0.6 is 11.8 Å². The van der Waals surface area contributed by atoms with Crippen molar-refractivity contribution in [2.75, 3.05) is 79.4 Å². The average molecular weight is 600 g/mol. The van der Waals surface area contributed by atoms with Crippen molar-refractivity contribution in [1.29, 1.82) is 0 Å². The molecule has 42 heavy (non-hydrogen) atoms. The van der Waals surface area contributed by atoms with E-state index in [4.69, 9.17) is 19.2 Å². The summed E-state index contributed by atoms with van der Waals surface area (Å²) in [6, 6.07) is 4.74. The molecule has 2 aliphatic carbocycles. The van der Waals surface area contributed by atoms with Crippen LogP contribution < -0.4 is 4.74 Å². The molecule has 9 nitrogen and oxygen atoms in total. The smallest absolute Gasteiger partial charge is 0.412 e. The monoisotopic (exact) mass is 599 g/mol. The van der Waals surface area contributed by atoms with Gasteiger partial charge in [0.15, 0.2) is 0 Å². The number of rotatable bonds is 10. The molecule has 4 atom stereocenters. The molecule has 5 aliphatic rings. The first kappa shape index (κ1) is 30.2. The first-order chi connectivity index (χ1) is 20.6. The number of aryl methyl sites for hydroxylation is 1. The van der Waals surface area contributed by atoms with Crippen LogP contribution in [0.4, 0.5) is 4.79 Å². The van der Waals surface area contributed by atoms with Gasteiger partial charge in [-0.1, -0.05) is 18.6 Å². The van der Waals surface area contributed by atoms with Crippen molar-refractivity contribution in [1.82, 2.24) is 24.6 Å². The molecule has 1 amide bonds. The van der Waals surface area contributed by atoms with E-state index in [0.29, 0.717) is 19.0 Å². The summed E-state index contributed by atoms with van der Waals surface area (Å²) >= 11 is 2.07. The van der Waals surface area contributed by atoms with E-state index in [2.05, 4.69) is 51.1 Å². The summed E-state index contributed by atoms with van der Waals surface area (Å²) in [4.78, 5) is 26.4. The number of aromatic nitrogens is 1. The van der Waals surface area contributed by atoms with Gasteiger partial charge in [-0.2, -0.15) is 0 Å². The van der Waals surface area contributed by atoms with E-state index in [-0.39, 0.29) is 19.0 Å². The Morgan fingerprint density at radius 2 is 1.88 bits per heavy atom. The molecule has 4 heterocycles. The second-order valence-corrected chi connectivity index (χ2v) is 13.8. The van der Waals surface area contributed by atoms with Gasteiger partial charge in [0, 0.05) is 88.7 Å². The normalized spacial score (nSPS) is 28.8. The Kier molecular flexibility index (Phi) is 10.6. The van der Waals surface area contributed by atoms with E-state index >= 15 is 0 Å². The first-order valence-corrected chi connectivity index (χ1v) is 17.2. The number of likely N-dealkylation sites (N-methyl/N-ethyl adjacent to an activating group) is 1. The number of pyridine rings is 1. The molecule has 0 N–H and O–H groups in total. The Labute approximate surface area is 255 Å². The summed E-state index contributed by atoms with van der Waals surface area (Å²) in [5.74, 6) is 1.29. The minimum absolute atomic E-state index is 0.121. The maximum Gasteiger partial charge on any atom is 0.412 e. The summed E-state index contributed by atoms with van der Waals surface area (Å²) < 4.78 is 17.3. The fourth-order valence-corrected chi connectivity index (χ4v) is 8.46. The molecule has 3 fully saturated rings. The summed E-state index contributed by atoms with van der Waals surface area (Å²) in [5, 5.41) is 3.20. The highest BCUT2D eigenvalue weighted by molar-refractivity contribution is 8.03. The van der Waals surface area contributed by atoms with Crippen molar-refractivity contribution in [3.8, 4) is 5.88 Å². The zero-order chi connectivity index (χ0) is 28.7. The Morgan fingerprint density at radius 3 is 2.74 bits per heavy atom. The number of unbranched alkanes of at least 4 members (excludes halogenated alkanes) is 1. The summed E-state index contributed by atoms with van der Waals surface area (Å²) in [5.41, 5.74) is 2.31. The number of carbonyl (C=O) groups is 1. The molecule has 10 heteroatoms. The number of ether oxygens (including phenoxy) is 3. The van der Waals surface area contributed by atoms with Crippen LogP contribution in [0.1, 0.15) is 49.8 Å². The van der Waals surface area contributed by atoms with Crippen molar-refractivity contribution in [3.05, 3.63) is 34.9 Å². The molecule has 1 saturated carbocycles. The third-order valence-corrected chi connectivity index (χ3v) is 11.1. The molecule has 1 aromatic heterocycles. The summed E-state index contributed by atoms with van der Waals surface area (Å²) in [6.45, 7) is 9.82. The van der Waals surface area contributed by atoms with Gasteiger partial charge >= 0.3 is 6.09 Å². The third-order valence-electron chi connectivity index (χ3n) is 9.86. The van der Waals surface area contributed by atoms with Crippen molar-refractivity contribution >= 4 is 17.9 Å². The van der Waals surface area contributed by atoms with Crippen molar-refractivity contribution < 1.29 is 19.0 Å². The van der Waals surface area contributed by atoms with Gasteiger partial charge in [0.25, 0.3) is 0 Å². The lowest BCUT2D eigenvalue weighted by Gasteiger charge is -2.44. The van der Waals surface area contributed by atoms with Crippen LogP contribution in [0.5, 0.6) is 5.88 Å². The van der Waals surface area contributed by atoms with E-state index < -0.39 is 0 Å². The van der Waals surface area contributed by atoms with Crippen LogP contribution in [0.25, 0.3) is 0 Å². The maximum absolute atomic E-state index is 12.3. The van der Waals surface area contributed by atoms with Gasteiger partial charge in [0.2, 0.25) is 12.7 Å². The highest BCUT2D eigenvalue weighted by Crippen LogP contribution is 2.42. The van der Waals surface area contributed by atoms with Crippen LogP contribution in [0.15, 0.2) is 23.6 Å². The number of hydrogen-bond acceptors (Lipinski definition) is 9. The van der Waals surface area contributed by atoms with Crippen molar-refractivity contribution in [2.24, 2.45) is 5.92 Å². The maximum atomic E-state index is 12.3. The zero-order valence-corrected chi connectivity index (χ0v) is 26.1. The number of piperazine rings is 2. The van der Waals surface area contributed by atoms with Crippen LogP contribution in [0.2, 0.25) is 0 Å². The first-order valence-electron chi connectivity index (χ1n) is 16.2.